The van der Waals surface area contributed by atoms with Crippen LogP contribution in [-0.4, -0.2) is 30.6 Å². The predicted octanol–water partition coefficient (Wildman–Crippen LogP) is 4.04. The maximum absolute atomic E-state index is 13.2. The summed E-state index contributed by atoms with van der Waals surface area (Å²) in [6.07, 6.45) is 1.13. The number of esters is 1. The normalized spacial score (nSPS) is 14.9. The molecule has 152 valence electrons. The second-order valence-electron chi connectivity index (χ2n) is 6.66. The first-order valence-electron chi connectivity index (χ1n) is 9.58. The predicted molar refractivity (Wildman–Crippen MR) is 113 cm³/mol. The van der Waals surface area contributed by atoms with Crippen LogP contribution in [0.1, 0.15) is 39.5 Å². The average Bonchev–Trinajstić information content (AvgIpc) is 3.06. The van der Waals surface area contributed by atoms with Crippen LogP contribution in [0.2, 0.25) is 0 Å². The van der Waals surface area contributed by atoms with E-state index >= 15 is 0 Å². The minimum Gasteiger partial charge on any atom is -0.497 e. The summed E-state index contributed by atoms with van der Waals surface area (Å²) in [6, 6.07) is 17.8. The highest BCUT2D eigenvalue weighted by atomic mass is 16.5. The number of carbonyl (C=O) groups excluding carboxylic acids is 2. The maximum Gasteiger partial charge on any atom is 0.338 e. The molecule has 0 aliphatic carbocycles. The van der Waals surface area contributed by atoms with Gasteiger partial charge in [-0.05, 0) is 61.5 Å². The molecule has 2 heterocycles. The van der Waals surface area contributed by atoms with E-state index in [4.69, 9.17) is 9.47 Å². The van der Waals surface area contributed by atoms with Gasteiger partial charge in [0.25, 0.3) is 5.91 Å². The lowest BCUT2D eigenvalue weighted by atomic mass is 10.1. The van der Waals surface area contributed by atoms with Crippen molar-refractivity contribution in [3.63, 3.8) is 0 Å². The fourth-order valence-electron chi connectivity index (χ4n) is 3.44. The fourth-order valence-corrected chi connectivity index (χ4v) is 3.44. The molecule has 1 amide bonds. The highest BCUT2D eigenvalue weighted by Crippen LogP contribution is 2.37. The highest BCUT2D eigenvalue weighted by molar-refractivity contribution is 6.11. The van der Waals surface area contributed by atoms with E-state index in [0.29, 0.717) is 40.6 Å². The van der Waals surface area contributed by atoms with E-state index in [0.717, 1.165) is 0 Å². The van der Waals surface area contributed by atoms with Gasteiger partial charge in [0.1, 0.15) is 5.75 Å². The van der Waals surface area contributed by atoms with Crippen LogP contribution in [0, 0.1) is 0 Å². The van der Waals surface area contributed by atoms with Gasteiger partial charge in [-0.1, -0.05) is 6.07 Å². The number of methoxy groups -OCH3 is 1. The first-order valence-corrected chi connectivity index (χ1v) is 9.58. The molecule has 7 nitrogen and oxygen atoms in total. The molecule has 0 bridgehead atoms. The number of anilines is 2. The Bertz CT molecular complexity index is 1080. The van der Waals surface area contributed by atoms with Crippen molar-refractivity contribution >= 4 is 23.3 Å². The van der Waals surface area contributed by atoms with Crippen LogP contribution in [-0.2, 0) is 4.74 Å². The Labute approximate surface area is 174 Å². The quantitative estimate of drug-likeness (QED) is 0.626. The number of hydrogen-bond donors (Lipinski definition) is 1. The molecule has 1 atom stereocenters. The summed E-state index contributed by atoms with van der Waals surface area (Å²) in [4.78, 5) is 31.3. The van der Waals surface area contributed by atoms with E-state index in [1.54, 1.807) is 67.6 Å². The van der Waals surface area contributed by atoms with Gasteiger partial charge >= 0.3 is 5.97 Å². The number of pyridine rings is 1. The van der Waals surface area contributed by atoms with Crippen molar-refractivity contribution in [3.8, 4) is 5.75 Å². The van der Waals surface area contributed by atoms with Crippen molar-refractivity contribution in [3.05, 3.63) is 83.7 Å². The SMILES string of the molecule is CCOC(=O)c1cccc(NC2c3ncccc3C(=O)N2c2ccc(OC)cc2)c1. The molecule has 4 rings (SSSR count). The Balaban J connectivity index is 1.70. The molecule has 0 saturated carbocycles. The number of hydrogen-bond acceptors (Lipinski definition) is 6. The van der Waals surface area contributed by atoms with Gasteiger partial charge in [-0.25, -0.2) is 4.79 Å². The average molecular weight is 403 g/mol. The van der Waals surface area contributed by atoms with E-state index in [9.17, 15) is 9.59 Å². The molecule has 0 fully saturated rings. The molecule has 1 aromatic heterocycles. The van der Waals surface area contributed by atoms with Gasteiger partial charge in [0.05, 0.1) is 30.5 Å². The lowest BCUT2D eigenvalue weighted by Gasteiger charge is -2.26. The minimum atomic E-state index is -0.528. The molecule has 1 aliphatic heterocycles. The standard InChI is InChI=1S/C23H21N3O4/c1-3-30-23(28)15-6-4-7-16(14-15)25-21-20-19(8-5-13-24-20)22(27)26(21)17-9-11-18(29-2)12-10-17/h4-14,21,25H,3H2,1-2H3. The maximum atomic E-state index is 13.2. The van der Waals surface area contributed by atoms with Gasteiger partial charge in [0.2, 0.25) is 0 Å². The number of aromatic nitrogens is 1. The first kappa shape index (κ1) is 19.4. The first-order chi connectivity index (χ1) is 14.6. The number of benzene rings is 2. The van der Waals surface area contributed by atoms with Gasteiger partial charge in [-0.3, -0.25) is 14.7 Å². The molecule has 1 aliphatic rings. The van der Waals surface area contributed by atoms with Crippen LogP contribution < -0.4 is 15.0 Å². The van der Waals surface area contributed by atoms with Gasteiger partial charge in [0, 0.05) is 17.6 Å². The molecule has 0 saturated heterocycles. The number of nitrogens with one attached hydrogen (secondary N) is 1. The summed E-state index contributed by atoms with van der Waals surface area (Å²) in [5.74, 6) is 0.157. The van der Waals surface area contributed by atoms with Crippen LogP contribution >= 0.6 is 0 Å². The van der Waals surface area contributed by atoms with E-state index in [1.165, 1.54) is 0 Å². The molecular weight excluding hydrogens is 382 g/mol. The van der Waals surface area contributed by atoms with Crippen molar-refractivity contribution in [1.82, 2.24) is 4.98 Å². The monoisotopic (exact) mass is 403 g/mol. The zero-order valence-corrected chi connectivity index (χ0v) is 16.7. The molecule has 3 aromatic rings. The van der Waals surface area contributed by atoms with E-state index in [2.05, 4.69) is 10.3 Å². The summed E-state index contributed by atoms with van der Waals surface area (Å²) in [5, 5.41) is 3.35. The molecule has 1 N–H and O–H groups in total. The fraction of sp³-hybridized carbons (Fsp3) is 0.174. The second kappa shape index (κ2) is 8.24. The highest BCUT2D eigenvalue weighted by Gasteiger charge is 2.39. The van der Waals surface area contributed by atoms with Gasteiger partial charge in [0.15, 0.2) is 6.17 Å². The number of carbonyl (C=O) groups is 2. The van der Waals surface area contributed by atoms with E-state index in [1.807, 2.05) is 18.2 Å². The Morgan fingerprint density at radius 3 is 2.67 bits per heavy atom. The van der Waals surface area contributed by atoms with Crippen molar-refractivity contribution in [2.75, 3.05) is 23.9 Å². The van der Waals surface area contributed by atoms with Crippen LogP contribution in [0.5, 0.6) is 5.75 Å². The van der Waals surface area contributed by atoms with E-state index < -0.39 is 12.1 Å². The zero-order valence-electron chi connectivity index (χ0n) is 16.7. The van der Waals surface area contributed by atoms with E-state index in [-0.39, 0.29) is 5.91 Å². The largest absolute Gasteiger partial charge is 0.497 e. The van der Waals surface area contributed by atoms with Crippen LogP contribution in [0.25, 0.3) is 0 Å². The molecule has 1 unspecified atom stereocenters. The summed E-state index contributed by atoms with van der Waals surface area (Å²) in [6.45, 7) is 2.07. The van der Waals surface area contributed by atoms with Gasteiger partial charge in [-0.2, -0.15) is 0 Å². The summed E-state index contributed by atoms with van der Waals surface area (Å²) < 4.78 is 10.3. The van der Waals surface area contributed by atoms with Crippen LogP contribution in [0.15, 0.2) is 66.9 Å². The van der Waals surface area contributed by atoms with Gasteiger partial charge < -0.3 is 14.8 Å². The summed E-state index contributed by atoms with van der Waals surface area (Å²) >= 11 is 0. The van der Waals surface area contributed by atoms with Crippen molar-refractivity contribution in [1.29, 1.82) is 0 Å². The molecule has 30 heavy (non-hydrogen) atoms. The smallest absolute Gasteiger partial charge is 0.338 e. The third-order valence-corrected chi connectivity index (χ3v) is 4.83. The zero-order chi connectivity index (χ0) is 21.1. The number of nitrogens with zero attached hydrogens (tertiary/aromatic N) is 2. The number of ether oxygens (including phenoxy) is 2. The Hall–Kier alpha value is -3.87. The summed E-state index contributed by atoms with van der Waals surface area (Å²) in [7, 11) is 1.59. The second-order valence-corrected chi connectivity index (χ2v) is 6.66. The van der Waals surface area contributed by atoms with Crippen LogP contribution in [0.4, 0.5) is 11.4 Å². The Kier molecular flexibility index (Phi) is 5.34. The van der Waals surface area contributed by atoms with Gasteiger partial charge in [-0.15, -0.1) is 0 Å². The Morgan fingerprint density at radius 2 is 1.93 bits per heavy atom. The number of amides is 1. The lowest BCUT2D eigenvalue weighted by molar-refractivity contribution is 0.0526. The molecule has 7 heteroatoms. The molecule has 2 aromatic carbocycles. The Morgan fingerprint density at radius 1 is 1.13 bits per heavy atom. The summed E-state index contributed by atoms with van der Waals surface area (Å²) in [5.41, 5.74) is 2.98. The third kappa shape index (κ3) is 3.57. The van der Waals surface area contributed by atoms with Crippen LogP contribution in [0.3, 0.4) is 0 Å². The van der Waals surface area contributed by atoms with Crippen molar-refractivity contribution in [2.45, 2.75) is 13.1 Å². The number of fused-ring (bicyclic) bond motifs is 1. The lowest BCUT2D eigenvalue weighted by Crippen LogP contribution is -2.32. The minimum absolute atomic E-state index is 0.151. The van der Waals surface area contributed by atoms with Crippen molar-refractivity contribution in [2.24, 2.45) is 0 Å². The van der Waals surface area contributed by atoms with Crippen molar-refractivity contribution < 1.29 is 19.1 Å². The molecule has 0 radical (unpaired) electrons. The number of rotatable bonds is 6. The molecular formula is C23H21N3O4. The third-order valence-electron chi connectivity index (χ3n) is 4.83. The topological polar surface area (TPSA) is 80.8 Å². The molecule has 0 spiro atoms.